The summed E-state index contributed by atoms with van der Waals surface area (Å²) in [7, 11) is 0. The van der Waals surface area contributed by atoms with Crippen LogP contribution in [0, 0.1) is 0 Å². The first kappa shape index (κ1) is 41.1. The smallest absolute Gasteiger partial charge is 0.308 e. The number of esters is 1. The molecule has 0 spiro atoms. The van der Waals surface area contributed by atoms with E-state index >= 15 is 0 Å². The highest BCUT2D eigenvalue weighted by Gasteiger charge is 2.07. The summed E-state index contributed by atoms with van der Waals surface area (Å²) in [6, 6.07) is 0. The molecule has 0 fully saturated rings. The van der Waals surface area contributed by atoms with E-state index in [-0.39, 0.29) is 19.6 Å². The van der Waals surface area contributed by atoms with E-state index in [4.69, 9.17) is 43.4 Å². The van der Waals surface area contributed by atoms with E-state index in [1.54, 1.807) is 0 Å². The summed E-state index contributed by atoms with van der Waals surface area (Å²) in [4.78, 5) is 11.4. The van der Waals surface area contributed by atoms with Crippen LogP contribution in [0.2, 0.25) is 0 Å². The van der Waals surface area contributed by atoms with Gasteiger partial charge in [-0.2, -0.15) is 0 Å². The zero-order valence-corrected chi connectivity index (χ0v) is 26.7. The number of ether oxygens (including phenoxy) is 7. The van der Waals surface area contributed by atoms with Crippen LogP contribution in [0.5, 0.6) is 0 Å². The molecule has 1 unspecified atom stereocenters. The Balaban J connectivity index is 3.09. The van der Waals surface area contributed by atoms with Gasteiger partial charge in [0.2, 0.25) is 0 Å². The van der Waals surface area contributed by atoms with E-state index in [2.05, 4.69) is 6.92 Å². The maximum Gasteiger partial charge on any atom is 0.308 e. The van der Waals surface area contributed by atoms with Crippen molar-refractivity contribution in [2.45, 2.75) is 109 Å². The maximum absolute atomic E-state index is 11.4. The van der Waals surface area contributed by atoms with Gasteiger partial charge in [-0.05, 0) is 6.42 Å². The molecule has 0 bridgehead atoms. The van der Waals surface area contributed by atoms with Crippen molar-refractivity contribution in [3.8, 4) is 0 Å². The first-order valence-electron chi connectivity index (χ1n) is 16.6. The van der Waals surface area contributed by atoms with Gasteiger partial charge in [0.1, 0.15) is 12.7 Å². The van der Waals surface area contributed by atoms with Crippen LogP contribution in [0.15, 0.2) is 0 Å². The molecule has 2 N–H and O–H groups in total. The van der Waals surface area contributed by atoms with Gasteiger partial charge < -0.3 is 43.4 Å². The highest BCUT2D eigenvalue weighted by molar-refractivity contribution is 5.69. The number of unbranched alkanes of at least 4 members (excludes halogenated alkanes) is 13. The quantitative estimate of drug-likeness (QED) is 0.0754. The van der Waals surface area contributed by atoms with E-state index in [9.17, 15) is 4.79 Å². The Hall–Kier alpha value is -0.850. The molecule has 10 nitrogen and oxygen atoms in total. The van der Waals surface area contributed by atoms with Gasteiger partial charge in [-0.25, -0.2) is 0 Å². The fraction of sp³-hybridized carbons (Fsp3) is 0.969. The molecule has 1 atom stereocenters. The molecule has 0 saturated carbocycles. The first-order valence-corrected chi connectivity index (χ1v) is 16.6. The van der Waals surface area contributed by atoms with Crippen LogP contribution in [-0.2, 0) is 38.0 Å². The van der Waals surface area contributed by atoms with Crippen molar-refractivity contribution in [3.63, 3.8) is 0 Å². The van der Waals surface area contributed by atoms with Crippen LogP contribution in [0.3, 0.4) is 0 Å². The summed E-state index contributed by atoms with van der Waals surface area (Å²) in [5.41, 5.74) is 0. The molecule has 0 aromatic heterocycles. The molecule has 0 aromatic carbocycles. The number of aliphatic hydroxyl groups excluding tert-OH is 2. The zero-order chi connectivity index (χ0) is 30.6. The lowest BCUT2D eigenvalue weighted by molar-refractivity contribution is -0.148. The minimum absolute atomic E-state index is 0.0830. The molecule has 0 aromatic rings. The predicted molar refractivity (Wildman–Crippen MR) is 164 cm³/mol. The zero-order valence-electron chi connectivity index (χ0n) is 26.7. The van der Waals surface area contributed by atoms with Gasteiger partial charge in [-0.1, -0.05) is 90.4 Å². The van der Waals surface area contributed by atoms with Crippen LogP contribution in [0.25, 0.3) is 0 Å². The van der Waals surface area contributed by atoms with Crippen molar-refractivity contribution in [2.75, 3.05) is 92.5 Å². The van der Waals surface area contributed by atoms with Crippen molar-refractivity contribution >= 4 is 5.97 Å². The summed E-state index contributed by atoms with van der Waals surface area (Å²) < 4.78 is 37.5. The molecule has 42 heavy (non-hydrogen) atoms. The fourth-order valence-corrected chi connectivity index (χ4v) is 4.07. The second-order valence-corrected chi connectivity index (χ2v) is 10.5. The molecule has 0 radical (unpaired) electrons. The fourth-order valence-electron chi connectivity index (χ4n) is 4.07. The normalized spacial score (nSPS) is 12.2. The Morgan fingerprint density at radius 1 is 0.500 bits per heavy atom. The average molecular weight is 609 g/mol. The van der Waals surface area contributed by atoms with Gasteiger partial charge in [-0.3, -0.25) is 4.79 Å². The summed E-state index contributed by atoms with van der Waals surface area (Å²) in [5.74, 6) is -0.481. The SMILES string of the molecule is CCCCCCCCCCCCCCCCOCCOCCOCCOCCOCCOCCC(=O)OCC(O)CO. The number of hydrogen-bond acceptors (Lipinski definition) is 10. The molecule has 252 valence electrons. The monoisotopic (exact) mass is 608 g/mol. The third-order valence-electron chi connectivity index (χ3n) is 6.60. The number of carbonyl (C=O) groups is 1. The number of carbonyl (C=O) groups excluding carboxylic acids is 1. The van der Waals surface area contributed by atoms with Crippen LogP contribution < -0.4 is 0 Å². The molecule has 0 aliphatic rings. The summed E-state index contributed by atoms with van der Waals surface area (Å²) >= 11 is 0. The number of rotatable bonds is 36. The van der Waals surface area contributed by atoms with Crippen LogP contribution in [0.1, 0.15) is 103 Å². The highest BCUT2D eigenvalue weighted by atomic mass is 16.6. The van der Waals surface area contributed by atoms with Crippen LogP contribution >= 0.6 is 0 Å². The van der Waals surface area contributed by atoms with E-state index < -0.39 is 18.7 Å². The maximum atomic E-state index is 11.4. The van der Waals surface area contributed by atoms with Crippen LogP contribution in [0.4, 0.5) is 0 Å². The van der Waals surface area contributed by atoms with E-state index in [0.29, 0.717) is 66.1 Å². The minimum atomic E-state index is -1.05. The van der Waals surface area contributed by atoms with Gasteiger partial charge in [0.05, 0.1) is 85.7 Å². The molecular weight excluding hydrogens is 544 g/mol. The Bertz CT molecular complexity index is 524. The Morgan fingerprint density at radius 2 is 0.833 bits per heavy atom. The molecule has 0 aliphatic heterocycles. The van der Waals surface area contributed by atoms with Crippen molar-refractivity contribution in [1.82, 2.24) is 0 Å². The Labute approximate surface area is 256 Å². The molecular formula is C32H64O10. The highest BCUT2D eigenvalue weighted by Crippen LogP contribution is 2.13. The molecule has 0 aliphatic carbocycles. The summed E-state index contributed by atoms with van der Waals surface area (Å²) in [5, 5.41) is 17.7. The lowest BCUT2D eigenvalue weighted by Crippen LogP contribution is -2.22. The summed E-state index contributed by atoms with van der Waals surface area (Å²) in [6.07, 6.45) is 18.2. The molecule has 10 heteroatoms. The van der Waals surface area contributed by atoms with Crippen LogP contribution in [-0.4, -0.2) is 115 Å². The van der Waals surface area contributed by atoms with Crippen molar-refractivity contribution in [1.29, 1.82) is 0 Å². The molecule has 0 saturated heterocycles. The van der Waals surface area contributed by atoms with Gasteiger partial charge in [0.25, 0.3) is 0 Å². The van der Waals surface area contributed by atoms with Gasteiger partial charge in [0.15, 0.2) is 0 Å². The van der Waals surface area contributed by atoms with Gasteiger partial charge >= 0.3 is 5.97 Å². The van der Waals surface area contributed by atoms with E-state index in [1.807, 2.05) is 0 Å². The van der Waals surface area contributed by atoms with Crippen molar-refractivity contribution in [3.05, 3.63) is 0 Å². The Morgan fingerprint density at radius 3 is 1.21 bits per heavy atom. The molecule has 0 amide bonds. The van der Waals surface area contributed by atoms with Crippen molar-refractivity contribution < 1.29 is 48.2 Å². The second kappa shape index (κ2) is 36.3. The predicted octanol–water partition coefficient (Wildman–Crippen LogP) is 4.85. The van der Waals surface area contributed by atoms with E-state index in [1.165, 1.54) is 83.5 Å². The van der Waals surface area contributed by atoms with Gasteiger partial charge in [-0.15, -0.1) is 0 Å². The lowest BCUT2D eigenvalue weighted by atomic mass is 10.0. The lowest BCUT2D eigenvalue weighted by Gasteiger charge is -2.09. The Kier molecular flexibility index (Phi) is 35.6. The molecule has 0 heterocycles. The van der Waals surface area contributed by atoms with Gasteiger partial charge in [0, 0.05) is 6.61 Å². The largest absolute Gasteiger partial charge is 0.463 e. The van der Waals surface area contributed by atoms with E-state index in [0.717, 1.165) is 13.0 Å². The number of aliphatic hydroxyl groups is 2. The standard InChI is InChI=1S/C32H64O10/c1-2-3-4-5-6-7-8-9-10-11-12-13-14-15-17-36-19-21-38-23-25-40-27-28-41-26-24-39-22-20-37-18-16-32(35)42-30-31(34)29-33/h31,33-34H,2-30H2,1H3. The summed E-state index contributed by atoms with van der Waals surface area (Å²) in [6.45, 7) is 7.65. The average Bonchev–Trinajstić information content (AvgIpc) is 3.00. The number of hydrogen-bond donors (Lipinski definition) is 2. The minimum Gasteiger partial charge on any atom is -0.463 e. The third-order valence-corrected chi connectivity index (χ3v) is 6.60. The second-order valence-electron chi connectivity index (χ2n) is 10.5. The molecule has 0 rings (SSSR count). The van der Waals surface area contributed by atoms with Crippen molar-refractivity contribution in [2.24, 2.45) is 0 Å². The topological polar surface area (TPSA) is 122 Å². The first-order chi connectivity index (χ1) is 20.7. The third kappa shape index (κ3) is 35.3.